The maximum atomic E-state index is 15.5. The number of hydrogen-bond donors (Lipinski definition) is 5. The molecule has 5 N–H and O–H groups in total. The van der Waals surface area contributed by atoms with Gasteiger partial charge in [-0.15, -0.1) is 0 Å². The van der Waals surface area contributed by atoms with Crippen molar-refractivity contribution in [2.45, 2.75) is 65.0 Å². The van der Waals surface area contributed by atoms with Crippen molar-refractivity contribution in [3.63, 3.8) is 0 Å². The normalized spacial score (nSPS) is 15.2. The van der Waals surface area contributed by atoms with Crippen molar-refractivity contribution in [2.75, 3.05) is 137 Å². The standard InChI is InChI=1S/C50H70FN9O17/c1-5-50(67)37-26-41-45-35(28-60(41)48(65)36(37)29-77-49(50)66)24-34-25-40(38(51)27-39(34)56-45)57-46(63)33(4)55-47(64)44(32(2)3)58-43(62)31-76-30-42(61)53-6-8-68-10-12-70-14-16-72-18-20-74-22-23-75-21-19-73-17-15-71-13-11-69-9-7-54-59-52/h24-27,32-33,44,67H,5-23,28-31H2,1-4H3,(H,53,61)(H,55,64)(H,57,63)(H,58,62)/t33-,44-,50-/m0/s1. The van der Waals surface area contributed by atoms with E-state index >= 15 is 4.39 Å². The Morgan fingerprint density at radius 2 is 1.34 bits per heavy atom. The summed E-state index contributed by atoms with van der Waals surface area (Å²) in [6, 6.07) is 3.50. The number of aliphatic hydroxyl groups is 1. The number of rotatable bonds is 38. The molecule has 0 saturated carbocycles. The molecule has 1 aromatic carbocycles. The molecular weight excluding hydrogens is 1020 g/mol. The van der Waals surface area contributed by atoms with Gasteiger partial charge in [-0.1, -0.05) is 25.9 Å². The molecular formula is C50H70FN9O17. The highest BCUT2D eigenvalue weighted by molar-refractivity contribution is 6.00. The third kappa shape index (κ3) is 19.0. The number of carbonyl (C=O) groups is 5. The average molecular weight is 1090 g/mol. The van der Waals surface area contributed by atoms with E-state index in [0.717, 1.165) is 6.07 Å². The van der Waals surface area contributed by atoms with Crippen molar-refractivity contribution < 1.29 is 80.8 Å². The molecule has 77 heavy (non-hydrogen) atoms. The highest BCUT2D eigenvalue weighted by Crippen LogP contribution is 2.39. The van der Waals surface area contributed by atoms with Gasteiger partial charge >= 0.3 is 5.97 Å². The number of halogens is 1. The zero-order chi connectivity index (χ0) is 55.6. The van der Waals surface area contributed by atoms with Crippen molar-refractivity contribution in [1.29, 1.82) is 0 Å². The number of nitrogens with one attached hydrogen (secondary N) is 4. The van der Waals surface area contributed by atoms with E-state index in [9.17, 15) is 33.9 Å². The zero-order valence-electron chi connectivity index (χ0n) is 43.9. The second kappa shape index (κ2) is 32.5. The molecule has 2 aromatic heterocycles. The Kier molecular flexibility index (Phi) is 26.0. The van der Waals surface area contributed by atoms with Crippen LogP contribution in [-0.2, 0) is 90.1 Å². The third-order valence-electron chi connectivity index (χ3n) is 11.9. The molecule has 0 spiro atoms. The van der Waals surface area contributed by atoms with Crippen LogP contribution in [0.25, 0.3) is 32.7 Å². The molecule has 0 radical (unpaired) electrons. The van der Waals surface area contributed by atoms with Crippen molar-refractivity contribution in [3.05, 3.63) is 67.6 Å². The Morgan fingerprint density at radius 3 is 1.90 bits per heavy atom. The molecule has 0 unspecified atom stereocenters. The predicted molar refractivity (Wildman–Crippen MR) is 272 cm³/mol. The summed E-state index contributed by atoms with van der Waals surface area (Å²) < 4.78 is 70.7. The Hall–Kier alpha value is -6.23. The minimum Gasteiger partial charge on any atom is -0.458 e. The SMILES string of the molecule is CC[C@@]1(O)C(=O)OCc2c1cc1n(c2=O)Cc2cc3cc(NC(=O)[C@H](C)NC(=O)[C@@H](NC(=O)COCC(=O)NCCOCCOCCOCCOCCOCCOCCOCCOCCN=[N+]=[N-])C(C)C)c(F)cc3nc2-1. The number of esters is 1. The molecule has 4 heterocycles. The summed E-state index contributed by atoms with van der Waals surface area (Å²) in [5.74, 6) is -4.70. The molecule has 3 aromatic rings. The van der Waals surface area contributed by atoms with E-state index in [4.69, 9.17) is 52.9 Å². The molecule has 4 amide bonds. The molecule has 3 atom stereocenters. The summed E-state index contributed by atoms with van der Waals surface area (Å²) in [7, 11) is 0. The first-order valence-corrected chi connectivity index (χ1v) is 25.4. The molecule has 5 rings (SSSR count). The highest BCUT2D eigenvalue weighted by Gasteiger charge is 2.45. The lowest BCUT2D eigenvalue weighted by atomic mass is 9.86. The van der Waals surface area contributed by atoms with Gasteiger partial charge in [-0.3, -0.25) is 24.0 Å². The predicted octanol–water partition coefficient (Wildman–Crippen LogP) is 1.38. The van der Waals surface area contributed by atoms with Gasteiger partial charge in [-0.05, 0) is 43.0 Å². The first-order valence-electron chi connectivity index (χ1n) is 25.4. The summed E-state index contributed by atoms with van der Waals surface area (Å²) in [5.41, 5.74) is 7.41. The minimum absolute atomic E-state index is 0.0210. The largest absolute Gasteiger partial charge is 0.458 e. The molecule has 0 bridgehead atoms. The van der Waals surface area contributed by atoms with Crippen molar-refractivity contribution in [1.82, 2.24) is 25.5 Å². The van der Waals surface area contributed by atoms with Gasteiger partial charge in [-0.2, -0.15) is 0 Å². The number of hydrogen-bond acceptors (Lipinski definition) is 19. The maximum Gasteiger partial charge on any atom is 0.343 e. The molecule has 424 valence electrons. The summed E-state index contributed by atoms with van der Waals surface area (Å²) in [5, 5.41) is 25.2. The fraction of sp³-hybridized carbons (Fsp3) is 0.620. The number of fused-ring (bicyclic) bond motifs is 5. The van der Waals surface area contributed by atoms with E-state index in [0.29, 0.717) is 128 Å². The van der Waals surface area contributed by atoms with Crippen molar-refractivity contribution in [3.8, 4) is 11.4 Å². The second-order valence-corrected chi connectivity index (χ2v) is 17.8. The van der Waals surface area contributed by atoms with Gasteiger partial charge in [0.25, 0.3) is 5.56 Å². The number of cyclic esters (lactones) is 1. The van der Waals surface area contributed by atoms with E-state index < -0.39 is 77.8 Å². The maximum absolute atomic E-state index is 15.5. The lowest BCUT2D eigenvalue weighted by molar-refractivity contribution is -0.172. The van der Waals surface area contributed by atoms with Gasteiger partial charge in [-0.25, -0.2) is 14.2 Å². The molecule has 2 aliphatic rings. The number of carbonyl (C=O) groups excluding carboxylic acids is 5. The zero-order valence-corrected chi connectivity index (χ0v) is 43.9. The first kappa shape index (κ1) is 61.6. The molecule has 0 fully saturated rings. The van der Waals surface area contributed by atoms with Crippen LogP contribution in [0.15, 0.2) is 34.2 Å². The van der Waals surface area contributed by atoms with Crippen molar-refractivity contribution >= 4 is 46.2 Å². The van der Waals surface area contributed by atoms with Crippen LogP contribution in [0, 0.1) is 11.7 Å². The Balaban J connectivity index is 0.873. The van der Waals surface area contributed by atoms with Crippen LogP contribution >= 0.6 is 0 Å². The topological polar surface area (TPSA) is 330 Å². The Bertz CT molecular complexity index is 2560. The molecule has 0 saturated heterocycles. The van der Waals surface area contributed by atoms with Gasteiger partial charge in [0.1, 0.15) is 37.7 Å². The number of pyridine rings is 2. The summed E-state index contributed by atoms with van der Waals surface area (Å²) in [6.07, 6.45) is -0.0210. The van der Waals surface area contributed by atoms with Crippen LogP contribution in [0.3, 0.4) is 0 Å². The molecule has 27 heteroatoms. The lowest BCUT2D eigenvalue weighted by Gasteiger charge is -2.31. The van der Waals surface area contributed by atoms with Gasteiger partial charge < -0.3 is 78.3 Å². The van der Waals surface area contributed by atoms with E-state index in [1.807, 2.05) is 0 Å². The number of aromatic nitrogens is 2. The lowest BCUT2D eigenvalue weighted by Crippen LogP contribution is -2.54. The molecule has 0 aliphatic carbocycles. The summed E-state index contributed by atoms with van der Waals surface area (Å²) >= 11 is 0. The molecule has 26 nitrogen and oxygen atoms in total. The monoisotopic (exact) mass is 1090 g/mol. The van der Waals surface area contributed by atoms with E-state index in [2.05, 4.69) is 36.3 Å². The van der Waals surface area contributed by atoms with Gasteiger partial charge in [0.05, 0.1) is 140 Å². The fourth-order valence-corrected chi connectivity index (χ4v) is 7.80. The van der Waals surface area contributed by atoms with Gasteiger partial charge in [0.2, 0.25) is 23.6 Å². The number of benzene rings is 1. The van der Waals surface area contributed by atoms with E-state index in [1.165, 1.54) is 17.6 Å². The quantitative estimate of drug-likeness (QED) is 0.0139. The van der Waals surface area contributed by atoms with Gasteiger partial charge in [0, 0.05) is 40.6 Å². The van der Waals surface area contributed by atoms with E-state index in [-0.39, 0.29) is 55.1 Å². The van der Waals surface area contributed by atoms with Crippen molar-refractivity contribution in [2.24, 2.45) is 11.0 Å². The van der Waals surface area contributed by atoms with Gasteiger partial charge in [0.15, 0.2) is 5.60 Å². The van der Waals surface area contributed by atoms with Crippen LogP contribution in [0.4, 0.5) is 10.1 Å². The number of azide groups is 1. The van der Waals surface area contributed by atoms with Crippen LogP contribution in [-0.4, -0.2) is 188 Å². The Morgan fingerprint density at radius 1 is 0.779 bits per heavy atom. The minimum atomic E-state index is -2.00. The Labute approximate surface area is 443 Å². The fourth-order valence-electron chi connectivity index (χ4n) is 7.80. The average Bonchev–Trinajstić information content (AvgIpc) is 3.84. The second-order valence-electron chi connectivity index (χ2n) is 17.8. The van der Waals surface area contributed by atoms with Crippen LogP contribution < -0.4 is 26.8 Å². The van der Waals surface area contributed by atoms with Crippen LogP contribution in [0.2, 0.25) is 0 Å². The number of ether oxygens (including phenoxy) is 10. The number of amides is 4. The highest BCUT2D eigenvalue weighted by atomic mass is 19.1. The van der Waals surface area contributed by atoms with Crippen LogP contribution in [0.5, 0.6) is 0 Å². The number of nitrogens with zero attached hydrogens (tertiary/aromatic N) is 5. The number of anilines is 1. The first-order chi connectivity index (χ1) is 37.2. The summed E-state index contributed by atoms with van der Waals surface area (Å²) in [6.45, 7) is 12.0. The van der Waals surface area contributed by atoms with Crippen LogP contribution in [0.1, 0.15) is 50.8 Å². The summed E-state index contributed by atoms with van der Waals surface area (Å²) in [4.78, 5) is 84.8. The third-order valence-corrected chi connectivity index (χ3v) is 11.9. The smallest absolute Gasteiger partial charge is 0.343 e. The van der Waals surface area contributed by atoms with E-state index in [1.54, 1.807) is 32.9 Å². The molecule has 2 aliphatic heterocycles.